The fraction of sp³-hybridized carbons (Fsp3) is 0.679. The lowest BCUT2D eigenvalue weighted by molar-refractivity contribution is -0.704. The second-order valence-corrected chi connectivity index (χ2v) is 9.28. The van der Waals surface area contributed by atoms with Crippen LogP contribution < -0.4 is 4.57 Å². The Bertz CT molecular complexity index is 657. The number of hydrogen-bond acceptors (Lipinski definition) is 0. The molecule has 0 saturated carbocycles. The van der Waals surface area contributed by atoms with Crippen LogP contribution in [0.25, 0.3) is 0 Å². The van der Waals surface area contributed by atoms with Crippen molar-refractivity contribution in [2.24, 2.45) is 0 Å². The normalized spacial score (nSPS) is 11.5. The van der Waals surface area contributed by atoms with E-state index < -0.39 is 0 Å². The van der Waals surface area contributed by atoms with E-state index in [9.17, 15) is 0 Å². The Morgan fingerprint density at radius 1 is 0.733 bits per heavy atom. The van der Waals surface area contributed by atoms with Gasteiger partial charge in [0.25, 0.3) is 5.82 Å². The van der Waals surface area contributed by atoms with E-state index in [0.717, 1.165) is 6.54 Å². The molecule has 0 unspecified atom stereocenters. The van der Waals surface area contributed by atoms with E-state index in [-0.39, 0.29) is 0 Å². The van der Waals surface area contributed by atoms with E-state index in [4.69, 9.17) is 0 Å². The van der Waals surface area contributed by atoms with Crippen LogP contribution in [-0.4, -0.2) is 4.57 Å². The predicted molar refractivity (Wildman–Crippen MR) is 130 cm³/mol. The molecule has 2 aromatic rings. The molecule has 0 N–H and O–H groups in total. The lowest BCUT2D eigenvalue weighted by Gasteiger charge is -2.08. The summed E-state index contributed by atoms with van der Waals surface area (Å²) in [7, 11) is 0. The number of unbranched alkanes of at least 4 members (excludes halogenated alkanes) is 10. The fourth-order valence-electron chi connectivity index (χ4n) is 4.46. The molecule has 0 aliphatic heterocycles. The zero-order valence-corrected chi connectivity index (χ0v) is 20.1. The summed E-state index contributed by atoms with van der Waals surface area (Å²) in [5, 5.41) is 0. The third-order valence-electron chi connectivity index (χ3n) is 6.30. The number of aromatic nitrogens is 2. The number of benzene rings is 1. The van der Waals surface area contributed by atoms with Crippen molar-refractivity contribution in [3.05, 3.63) is 54.1 Å². The first-order valence-corrected chi connectivity index (χ1v) is 12.9. The number of nitrogens with zero attached hydrogens (tertiary/aromatic N) is 2. The van der Waals surface area contributed by atoms with E-state index in [1.807, 2.05) is 0 Å². The molecule has 1 aromatic heterocycles. The van der Waals surface area contributed by atoms with Crippen LogP contribution >= 0.6 is 0 Å². The third-order valence-corrected chi connectivity index (χ3v) is 6.30. The van der Waals surface area contributed by atoms with Crippen LogP contribution in [-0.2, 0) is 19.4 Å². The van der Waals surface area contributed by atoms with Crippen LogP contribution in [0.15, 0.2) is 42.7 Å². The summed E-state index contributed by atoms with van der Waals surface area (Å²) >= 11 is 0. The van der Waals surface area contributed by atoms with Crippen molar-refractivity contribution in [3.63, 3.8) is 0 Å². The highest BCUT2D eigenvalue weighted by molar-refractivity contribution is 5.14. The van der Waals surface area contributed by atoms with E-state index in [1.54, 1.807) is 0 Å². The first kappa shape index (κ1) is 24.7. The maximum atomic E-state index is 2.51. The van der Waals surface area contributed by atoms with Crippen molar-refractivity contribution in [2.45, 2.75) is 123 Å². The minimum absolute atomic E-state index is 0.545. The Balaban J connectivity index is 1.66. The molecule has 0 aliphatic rings. The van der Waals surface area contributed by atoms with Gasteiger partial charge < -0.3 is 0 Å². The third kappa shape index (κ3) is 9.49. The number of rotatable bonds is 17. The van der Waals surface area contributed by atoms with Gasteiger partial charge in [0, 0.05) is 6.42 Å². The van der Waals surface area contributed by atoms with Crippen LogP contribution in [0, 0.1) is 0 Å². The summed E-state index contributed by atoms with van der Waals surface area (Å²) in [6, 6.07) is 11.4. The minimum Gasteiger partial charge on any atom is -0.234 e. The van der Waals surface area contributed by atoms with Gasteiger partial charge in [0.05, 0.1) is 12.6 Å². The fourth-order valence-corrected chi connectivity index (χ4v) is 4.46. The molecule has 0 bridgehead atoms. The molecule has 0 spiro atoms. The van der Waals surface area contributed by atoms with Crippen molar-refractivity contribution < 1.29 is 4.57 Å². The molecule has 2 rings (SSSR count). The first-order valence-electron chi connectivity index (χ1n) is 12.9. The predicted octanol–water partition coefficient (Wildman–Crippen LogP) is 7.84. The Hall–Kier alpha value is -1.57. The molecule has 0 amide bonds. The van der Waals surface area contributed by atoms with E-state index in [1.165, 1.54) is 101 Å². The molecule has 1 heterocycles. The highest BCUT2D eigenvalue weighted by atomic mass is 15.2. The zero-order chi connectivity index (χ0) is 21.4. The number of imidazole rings is 1. The van der Waals surface area contributed by atoms with Crippen molar-refractivity contribution in [1.29, 1.82) is 0 Å². The maximum absolute atomic E-state index is 2.51. The van der Waals surface area contributed by atoms with Gasteiger partial charge in [-0.1, -0.05) is 101 Å². The summed E-state index contributed by atoms with van der Waals surface area (Å²) in [5.74, 6) is 1.52. The van der Waals surface area contributed by atoms with Crippen molar-refractivity contribution in [3.8, 4) is 0 Å². The molecule has 2 nitrogen and oxygen atoms in total. The smallest absolute Gasteiger partial charge is 0.234 e. The average Bonchev–Trinajstić information content (AvgIpc) is 3.16. The van der Waals surface area contributed by atoms with Gasteiger partial charge in [-0.2, -0.15) is 0 Å². The van der Waals surface area contributed by atoms with Gasteiger partial charge in [-0.15, -0.1) is 0 Å². The molecule has 0 saturated heterocycles. The molecule has 30 heavy (non-hydrogen) atoms. The van der Waals surface area contributed by atoms with E-state index in [0.29, 0.717) is 6.04 Å². The Morgan fingerprint density at radius 3 is 1.93 bits per heavy atom. The summed E-state index contributed by atoms with van der Waals surface area (Å²) in [4.78, 5) is 0. The lowest BCUT2D eigenvalue weighted by Crippen LogP contribution is -2.37. The van der Waals surface area contributed by atoms with Gasteiger partial charge >= 0.3 is 0 Å². The lowest BCUT2D eigenvalue weighted by atomic mass is 10.1. The van der Waals surface area contributed by atoms with Gasteiger partial charge in [-0.3, -0.25) is 0 Å². The molecule has 0 aliphatic carbocycles. The Labute approximate surface area is 186 Å². The van der Waals surface area contributed by atoms with Crippen LogP contribution in [0.4, 0.5) is 0 Å². The van der Waals surface area contributed by atoms with Gasteiger partial charge in [-0.05, 0) is 38.7 Å². The summed E-state index contributed by atoms with van der Waals surface area (Å²) < 4.78 is 5.00. The number of aryl methyl sites for hydroxylation is 2. The second kappa shape index (κ2) is 15.3. The van der Waals surface area contributed by atoms with Crippen molar-refractivity contribution in [2.75, 3.05) is 0 Å². The van der Waals surface area contributed by atoms with Gasteiger partial charge in [0.1, 0.15) is 12.4 Å². The highest BCUT2D eigenvalue weighted by Gasteiger charge is 2.18. The van der Waals surface area contributed by atoms with Crippen LogP contribution in [0.1, 0.15) is 115 Å². The topological polar surface area (TPSA) is 8.81 Å². The van der Waals surface area contributed by atoms with Crippen molar-refractivity contribution in [1.82, 2.24) is 4.57 Å². The van der Waals surface area contributed by atoms with Gasteiger partial charge in [-0.25, -0.2) is 9.13 Å². The molecule has 168 valence electrons. The first-order chi connectivity index (χ1) is 14.7. The van der Waals surface area contributed by atoms with Gasteiger partial charge in [0.2, 0.25) is 0 Å². The molecule has 0 atom stereocenters. The highest BCUT2D eigenvalue weighted by Crippen LogP contribution is 2.14. The largest absolute Gasteiger partial charge is 0.256 e. The monoisotopic (exact) mass is 411 g/mol. The molecule has 0 radical (unpaired) electrons. The van der Waals surface area contributed by atoms with Crippen LogP contribution in [0.2, 0.25) is 0 Å². The van der Waals surface area contributed by atoms with Gasteiger partial charge in [0.15, 0.2) is 0 Å². The molecular formula is C28H47N2+. The number of hydrogen-bond donors (Lipinski definition) is 0. The standard InChI is InChI=1S/C28H47N2/c1-4-5-6-7-8-9-10-11-12-13-17-22-28-29(24-25-30(28)26(2)3)23-18-21-27-19-15-14-16-20-27/h14-16,19-20,24-26H,4-13,17-18,21-23H2,1-3H3/q+1. The quantitative estimate of drug-likeness (QED) is 0.185. The second-order valence-electron chi connectivity index (χ2n) is 9.28. The Kier molecular flexibility index (Phi) is 12.6. The minimum atomic E-state index is 0.545. The molecule has 0 fully saturated rings. The van der Waals surface area contributed by atoms with Crippen LogP contribution in [0.5, 0.6) is 0 Å². The molecular weight excluding hydrogens is 364 g/mol. The summed E-state index contributed by atoms with van der Waals surface area (Å²) in [5.41, 5.74) is 1.45. The zero-order valence-electron chi connectivity index (χ0n) is 20.1. The SMILES string of the molecule is CCCCCCCCCCCCCc1n(C(C)C)cc[n+]1CCCc1ccccc1. The van der Waals surface area contributed by atoms with E-state index >= 15 is 0 Å². The maximum Gasteiger partial charge on any atom is 0.256 e. The van der Waals surface area contributed by atoms with Crippen molar-refractivity contribution >= 4 is 0 Å². The Morgan fingerprint density at radius 2 is 1.33 bits per heavy atom. The van der Waals surface area contributed by atoms with E-state index in [2.05, 4.69) is 72.6 Å². The molecule has 1 aromatic carbocycles. The summed E-state index contributed by atoms with van der Waals surface area (Å²) in [6.07, 6.45) is 23.7. The average molecular weight is 412 g/mol. The van der Waals surface area contributed by atoms with Crippen LogP contribution in [0.3, 0.4) is 0 Å². The summed E-state index contributed by atoms with van der Waals surface area (Å²) in [6.45, 7) is 8.03. The molecule has 2 heteroatoms.